The maximum atomic E-state index is 13.7. The van der Waals surface area contributed by atoms with Crippen molar-refractivity contribution in [1.29, 1.82) is 5.41 Å². The van der Waals surface area contributed by atoms with Gasteiger partial charge in [0.25, 0.3) is 29.5 Å². The fourth-order valence-corrected chi connectivity index (χ4v) is 12.1. The molecule has 1 aromatic heterocycles. The lowest BCUT2D eigenvalue weighted by molar-refractivity contribution is -0.914. The maximum Gasteiger partial charge on any atom is 0.336 e. The molecule has 25 N–H and O–H groups in total. The molecule has 0 aliphatic carbocycles. The first kappa shape index (κ1) is 96.0. The number of nitrogens with two attached hydrogens (primary N) is 5. The molecule has 0 bridgehead atoms. The van der Waals surface area contributed by atoms with E-state index in [1.54, 1.807) is 17.4 Å². The van der Waals surface area contributed by atoms with E-state index in [0.29, 0.717) is 40.1 Å². The van der Waals surface area contributed by atoms with Crippen LogP contribution >= 0.6 is 23.2 Å². The summed E-state index contributed by atoms with van der Waals surface area (Å²) >= 11 is 12.1. The van der Waals surface area contributed by atoms with E-state index in [2.05, 4.69) is 83.9 Å². The smallest absolute Gasteiger partial charge is 0.336 e. The van der Waals surface area contributed by atoms with Crippen LogP contribution in [0, 0.1) is 5.41 Å². The molecule has 7 atom stereocenters. The lowest BCUT2D eigenvalue weighted by atomic mass is 9.99. The SMILES string of the molecule is CCC[C@@H](CCc1ccc(OCCOCCNC(=O)N[C@H](CCC(=O)N[C@@H](C(=O)O)C(=O)N[C@@H](CCCNC(=N)N)C(=O)N[C@@H](C(=O)O)C(=O)N[C@@H](C(=O)O)C(=O)NCCOCCOc2ccc(CCC[N+](C)(C)[C@@H](CCC)CNC(=O)c3cc(Cl)c(N)cc3N)cc2)C(=O)O)cc1)[N+](C)(C)CCNC(=O)c1nc(Cl)c(N)nc1N. The molecule has 4 rings (SSSR count). The molecule has 0 aliphatic rings. The zero-order valence-corrected chi connectivity index (χ0v) is 66.8. The Balaban J connectivity index is 1.17. The van der Waals surface area contributed by atoms with Crippen LogP contribution in [0.1, 0.15) is 110 Å². The number of aryl methyl sites for hydroxylation is 2. The first-order chi connectivity index (χ1) is 54.4. The molecule has 4 aromatic rings. The van der Waals surface area contributed by atoms with Gasteiger partial charge in [-0.05, 0) is 86.1 Å². The number of hydrogen-bond donors (Lipinski definition) is 20. The Morgan fingerprint density at radius 1 is 0.496 bits per heavy atom. The number of aliphatic carboxylic acids is 4. The molecule has 0 saturated heterocycles. The number of nitrogens with zero attached hydrogens (tertiary/aromatic N) is 4. The first-order valence-electron chi connectivity index (χ1n) is 37.1. The third-order valence-corrected chi connectivity index (χ3v) is 19.0. The van der Waals surface area contributed by atoms with Crippen LogP contribution in [0.4, 0.5) is 27.8 Å². The van der Waals surface area contributed by atoms with E-state index >= 15 is 0 Å². The molecule has 0 radical (unpaired) electrons. The predicted molar refractivity (Wildman–Crippen MR) is 424 cm³/mol. The second-order valence-electron chi connectivity index (χ2n) is 27.9. The number of nitrogens with one attached hydrogen (secondary N) is 11. The monoisotopic (exact) mass is 1660 g/mol. The predicted octanol–water partition coefficient (Wildman–Crippen LogP) is -0.0763. The van der Waals surface area contributed by atoms with Crippen molar-refractivity contribution in [2.45, 2.75) is 133 Å². The number of likely N-dealkylation sites (N-methyl/N-ethyl adjacent to an activating group) is 2. The Kier molecular flexibility index (Phi) is 40.6. The number of aromatic nitrogens is 2. The molecule has 0 spiro atoms. The molecule has 9 amide bonds. The maximum absolute atomic E-state index is 13.7. The molecule has 1 heterocycles. The highest BCUT2D eigenvalue weighted by Crippen LogP contribution is 2.27. The molecular formula is C73H110Cl2N20O20+2. The zero-order chi connectivity index (χ0) is 85.5. The number of amides is 9. The van der Waals surface area contributed by atoms with Crippen molar-refractivity contribution in [2.24, 2.45) is 5.73 Å². The summed E-state index contributed by atoms with van der Waals surface area (Å²) < 4.78 is 23.9. The fraction of sp³-hybridized carbons (Fsp3) is 0.521. The molecule has 0 fully saturated rings. The second kappa shape index (κ2) is 48.7. The van der Waals surface area contributed by atoms with Gasteiger partial charge in [-0.1, -0.05) is 74.2 Å². The summed E-state index contributed by atoms with van der Waals surface area (Å²) in [6.07, 6.45) is 4.92. The van der Waals surface area contributed by atoms with E-state index in [0.717, 1.165) is 69.0 Å². The summed E-state index contributed by atoms with van der Waals surface area (Å²) in [5.74, 6) is -15.4. The van der Waals surface area contributed by atoms with Gasteiger partial charge in [0.2, 0.25) is 29.9 Å². The van der Waals surface area contributed by atoms with Gasteiger partial charge in [-0.3, -0.25) is 39.0 Å². The number of quaternary nitrogens is 2. The fourth-order valence-electron chi connectivity index (χ4n) is 11.8. The van der Waals surface area contributed by atoms with E-state index in [1.165, 1.54) is 12.1 Å². The highest BCUT2D eigenvalue weighted by Gasteiger charge is 2.39. The van der Waals surface area contributed by atoms with Crippen molar-refractivity contribution < 1.29 is 106 Å². The van der Waals surface area contributed by atoms with Gasteiger partial charge in [-0.25, -0.2) is 33.9 Å². The van der Waals surface area contributed by atoms with Gasteiger partial charge < -0.3 is 130 Å². The number of nitrogen functional groups attached to an aromatic ring is 4. The third kappa shape index (κ3) is 34.1. The Morgan fingerprint density at radius 2 is 1.03 bits per heavy atom. The number of carboxylic acid groups (broad SMARTS) is 4. The number of anilines is 4. The van der Waals surface area contributed by atoms with Gasteiger partial charge in [0.1, 0.15) is 42.8 Å². The van der Waals surface area contributed by atoms with Crippen molar-refractivity contribution in [3.05, 3.63) is 93.2 Å². The molecule has 0 unspecified atom stereocenters. The highest BCUT2D eigenvalue weighted by molar-refractivity contribution is 6.33. The topological polar surface area (TPSA) is 623 Å². The molecule has 634 valence electrons. The van der Waals surface area contributed by atoms with Crippen LogP contribution in [0.15, 0.2) is 60.7 Å². The van der Waals surface area contributed by atoms with Crippen molar-refractivity contribution in [1.82, 2.24) is 63.1 Å². The van der Waals surface area contributed by atoms with Gasteiger partial charge in [-0.2, -0.15) is 0 Å². The minimum absolute atomic E-state index is 0.0220. The lowest BCUT2D eigenvalue weighted by Crippen LogP contribution is -2.61. The van der Waals surface area contributed by atoms with Crippen molar-refractivity contribution in [3.8, 4) is 11.5 Å². The summed E-state index contributed by atoms with van der Waals surface area (Å²) in [6.45, 7) is 6.05. The number of halogens is 2. The van der Waals surface area contributed by atoms with E-state index in [4.69, 9.17) is 76.2 Å². The van der Waals surface area contributed by atoms with E-state index < -0.39 is 121 Å². The van der Waals surface area contributed by atoms with E-state index in [9.17, 15) is 78.0 Å². The molecule has 0 aliphatic heterocycles. The second-order valence-corrected chi connectivity index (χ2v) is 28.6. The first-order valence-corrected chi connectivity index (χ1v) is 37.9. The largest absolute Gasteiger partial charge is 0.491 e. The van der Waals surface area contributed by atoms with Gasteiger partial charge >= 0.3 is 29.9 Å². The number of carboxylic acids is 4. The van der Waals surface area contributed by atoms with Crippen LogP contribution in [0.25, 0.3) is 0 Å². The molecular weight excluding hydrogens is 1550 g/mol. The van der Waals surface area contributed by atoms with Crippen LogP contribution in [-0.4, -0.2) is 273 Å². The van der Waals surface area contributed by atoms with Crippen molar-refractivity contribution >= 4 is 123 Å². The highest BCUT2D eigenvalue weighted by atomic mass is 35.5. The summed E-state index contributed by atoms with van der Waals surface area (Å²) in [6, 6.07) is 6.20. The van der Waals surface area contributed by atoms with Crippen LogP contribution < -0.4 is 91.3 Å². The number of guanidine groups is 1. The van der Waals surface area contributed by atoms with Gasteiger partial charge in [0.05, 0.1) is 103 Å². The summed E-state index contributed by atoms with van der Waals surface area (Å²) in [7, 11) is 8.47. The number of hydrogen-bond acceptors (Lipinski definition) is 23. The lowest BCUT2D eigenvalue weighted by Gasteiger charge is -2.38. The zero-order valence-electron chi connectivity index (χ0n) is 65.2. The average molecular weight is 1660 g/mol. The molecule has 0 saturated carbocycles. The Labute approximate surface area is 675 Å². The van der Waals surface area contributed by atoms with Gasteiger partial charge in [0.15, 0.2) is 28.4 Å². The minimum Gasteiger partial charge on any atom is -0.491 e. The Morgan fingerprint density at radius 3 is 1.61 bits per heavy atom. The summed E-state index contributed by atoms with van der Waals surface area (Å²) in [5.41, 5.74) is 31.5. The summed E-state index contributed by atoms with van der Waals surface area (Å²) in [4.78, 5) is 162. The third-order valence-electron chi connectivity index (χ3n) is 18.4. The van der Waals surface area contributed by atoms with E-state index in [-0.39, 0.29) is 128 Å². The number of carbonyl (C=O) groups is 12. The van der Waals surface area contributed by atoms with Crippen molar-refractivity contribution in [2.75, 3.05) is 137 Å². The van der Waals surface area contributed by atoms with Crippen LogP contribution in [0.5, 0.6) is 11.5 Å². The van der Waals surface area contributed by atoms with Crippen LogP contribution in [0.2, 0.25) is 10.2 Å². The van der Waals surface area contributed by atoms with Crippen molar-refractivity contribution in [3.63, 3.8) is 0 Å². The number of ether oxygens (including phenoxy) is 4. The minimum atomic E-state index is -2.65. The van der Waals surface area contributed by atoms with Gasteiger partial charge in [-0.15, -0.1) is 0 Å². The molecule has 40 nitrogen and oxygen atoms in total. The standard InChI is InChI=1S/C73H108Cl2N20O20/c1-7-11-44(95(5,6)32-28-82-64(99)55-60(78)93-61(79)59(75)90-55)20-15-43-18-23-47(24-19-43)115-38-36-113-34-30-85-73(111)88-53(68(103)104)25-26-54(96)89-57(70(107)108)66(101)87-52(14-9-27-84-72(80)81)63(98)91-58(71(109)110)67(102)92-56(69(105)106)65(100)83-29-33-112-35-37-114-46-21-16-42(17-22-46)13-10-31-94(3,4)45(12-8-2)41-86-62(97)48-39-49(74)51(77)40-50(48)76/h16-19,21-24,39-40,44-45,52-53,56-58H,7-15,20,25-38,41H2,1-6H3,(H23-2,76,77,78,79,80,81,82,83,84,85,86,87,88,89,91,92,93,96,97,98,99,100,101,102,103,104,105,106,107,108,109,110,111)/p+2/t44-,45-,52-,53+,56+,57+,58+/m0/s1. The van der Waals surface area contributed by atoms with Crippen LogP contribution in [-0.2, 0) is 65.5 Å². The Hall–Kier alpha value is -11.3. The Bertz CT molecular complexity index is 3960. The molecule has 42 heteroatoms. The molecule has 3 aromatic carbocycles. The van der Waals surface area contributed by atoms with Crippen LogP contribution in [0.3, 0.4) is 0 Å². The average Bonchev–Trinajstić information content (AvgIpc) is 0.748. The number of benzene rings is 3. The number of rotatable bonds is 54. The van der Waals surface area contributed by atoms with E-state index in [1.807, 2.05) is 52.3 Å². The normalized spacial score (nSPS) is 13.1. The quantitative estimate of drug-likeness (QED) is 0.00687. The number of carbonyl (C=O) groups excluding carboxylic acids is 8. The number of urea groups is 1. The van der Waals surface area contributed by atoms with Gasteiger partial charge in [0, 0.05) is 51.0 Å². The molecule has 115 heavy (non-hydrogen) atoms. The summed E-state index contributed by atoms with van der Waals surface area (Å²) in [5, 5.41) is 69.8.